The number of benzene rings is 1. The topological polar surface area (TPSA) is 29.5 Å². The van der Waals surface area contributed by atoms with E-state index in [0.717, 1.165) is 5.56 Å². The van der Waals surface area contributed by atoms with Crippen LogP contribution in [0.3, 0.4) is 0 Å². The van der Waals surface area contributed by atoms with Gasteiger partial charge < -0.3 is 17.4 Å². The zero-order valence-electron chi connectivity index (χ0n) is 11.6. The van der Waals surface area contributed by atoms with Crippen LogP contribution in [0.25, 0.3) is 0 Å². The number of halogens is 1. The number of rotatable bonds is 0. The largest absolute Gasteiger partial charge is 1.00 e. The average Bonchev–Trinajstić information content (AvgIpc) is 2.67. The molecular formula is C13H15FKNO2S. The summed E-state index contributed by atoms with van der Waals surface area (Å²) >= 11 is 5.14. The van der Waals surface area contributed by atoms with Crippen LogP contribution < -0.4 is 51.4 Å². The Hall–Kier alpha value is 0.276. The summed E-state index contributed by atoms with van der Waals surface area (Å²) in [6.07, 6.45) is -0.437. The Bertz CT molecular complexity index is 471. The van der Waals surface area contributed by atoms with Crippen LogP contribution in [-0.2, 0) is 30.5 Å². The molecule has 2 rings (SSSR count). The number of hydrogen-bond donors (Lipinski definition) is 0. The van der Waals surface area contributed by atoms with Crippen LogP contribution in [0.2, 0.25) is 0 Å². The number of hydrogen-bond acceptors (Lipinski definition) is 3. The van der Waals surface area contributed by atoms with Crippen LogP contribution in [0, 0.1) is 5.82 Å². The maximum Gasteiger partial charge on any atom is 1.00 e. The molecular weight excluding hydrogens is 292 g/mol. The number of nitrogens with zero attached hydrogens (tertiary/aromatic N) is 1. The predicted molar refractivity (Wildman–Crippen MR) is 67.5 cm³/mol. The number of carbonyl (C=O) groups is 1. The molecule has 1 aliphatic heterocycles. The zero-order valence-corrected chi connectivity index (χ0v) is 15.6. The molecule has 3 nitrogen and oxygen atoms in total. The number of fused-ring (bicyclic) bond motifs is 1. The Morgan fingerprint density at radius 3 is 2.42 bits per heavy atom. The Labute approximate surface area is 160 Å². The average molecular weight is 307 g/mol. The Kier molecular flexibility index (Phi) is 5.80. The first-order valence-corrected chi connectivity index (χ1v) is 6.14. The molecule has 0 atom stereocenters. The predicted octanol–water partition coefficient (Wildman–Crippen LogP) is -0.0138. The molecule has 1 aliphatic rings. The van der Waals surface area contributed by atoms with Crippen molar-refractivity contribution in [1.82, 2.24) is 4.90 Å². The molecule has 0 aromatic heterocycles. The molecule has 1 aromatic carbocycles. The van der Waals surface area contributed by atoms with Crippen molar-refractivity contribution in [3.63, 3.8) is 0 Å². The van der Waals surface area contributed by atoms with Crippen LogP contribution in [0.1, 0.15) is 31.9 Å². The first kappa shape index (κ1) is 17.3. The standard InChI is InChI=1S/C13H16FNO2S.K/c1-13(2,3)17-12(16)15-6-8-9(7-15)11(18)5-4-10(8)14;/h4-5,18H,6-7H2,1-3H3;/q;+1/p-1. The molecule has 0 unspecified atom stereocenters. The summed E-state index contributed by atoms with van der Waals surface area (Å²) in [6.45, 7) is 5.94. The molecule has 1 aromatic rings. The van der Waals surface area contributed by atoms with Crippen molar-refractivity contribution in [3.05, 3.63) is 29.1 Å². The van der Waals surface area contributed by atoms with Crippen molar-refractivity contribution < 1.29 is 65.3 Å². The Morgan fingerprint density at radius 1 is 1.32 bits per heavy atom. The minimum atomic E-state index is -0.554. The van der Waals surface area contributed by atoms with E-state index in [1.165, 1.54) is 11.0 Å². The van der Waals surface area contributed by atoms with Gasteiger partial charge in [0.05, 0.1) is 6.54 Å². The summed E-state index contributed by atoms with van der Waals surface area (Å²) in [4.78, 5) is 14.0. The molecule has 6 heteroatoms. The van der Waals surface area contributed by atoms with E-state index in [2.05, 4.69) is 0 Å². The van der Waals surface area contributed by atoms with E-state index in [-0.39, 0.29) is 63.7 Å². The smallest absolute Gasteiger partial charge is 0.779 e. The third kappa shape index (κ3) is 4.12. The van der Waals surface area contributed by atoms with Gasteiger partial charge in [-0.3, -0.25) is 4.90 Å². The molecule has 1 amide bonds. The molecule has 1 heterocycles. The second-order valence-corrected chi connectivity index (χ2v) is 5.78. The van der Waals surface area contributed by atoms with Crippen molar-refractivity contribution in [1.29, 1.82) is 0 Å². The first-order valence-electron chi connectivity index (χ1n) is 5.73. The van der Waals surface area contributed by atoms with Gasteiger partial charge in [0, 0.05) is 12.1 Å². The summed E-state index contributed by atoms with van der Waals surface area (Å²) in [5.74, 6) is -0.315. The molecule has 19 heavy (non-hydrogen) atoms. The third-order valence-electron chi connectivity index (χ3n) is 2.68. The molecule has 0 bridgehead atoms. The van der Waals surface area contributed by atoms with Gasteiger partial charge in [-0.2, -0.15) is 4.90 Å². The van der Waals surface area contributed by atoms with Crippen LogP contribution in [0.4, 0.5) is 9.18 Å². The second-order valence-electron chi connectivity index (χ2n) is 5.34. The quantitative estimate of drug-likeness (QED) is 0.499. The normalized spacial score (nSPS) is 13.8. The fourth-order valence-electron chi connectivity index (χ4n) is 1.88. The van der Waals surface area contributed by atoms with E-state index >= 15 is 0 Å². The second kappa shape index (κ2) is 6.36. The summed E-state index contributed by atoms with van der Waals surface area (Å²) in [7, 11) is 0. The van der Waals surface area contributed by atoms with Crippen LogP contribution in [0.15, 0.2) is 17.0 Å². The molecule has 0 saturated carbocycles. The minimum absolute atomic E-state index is 0. The zero-order chi connectivity index (χ0) is 13.5. The summed E-state index contributed by atoms with van der Waals surface area (Å²) in [6, 6.07) is 2.90. The summed E-state index contributed by atoms with van der Waals surface area (Å²) in [5.41, 5.74) is 0.672. The van der Waals surface area contributed by atoms with Crippen molar-refractivity contribution in [2.45, 2.75) is 44.4 Å². The molecule has 0 radical (unpaired) electrons. The van der Waals surface area contributed by atoms with Crippen LogP contribution in [-0.4, -0.2) is 16.6 Å². The maximum absolute atomic E-state index is 13.6. The van der Waals surface area contributed by atoms with Gasteiger partial charge >= 0.3 is 57.5 Å². The van der Waals surface area contributed by atoms with Gasteiger partial charge in [0.2, 0.25) is 0 Å². The molecule has 0 aliphatic carbocycles. The third-order valence-corrected chi connectivity index (χ3v) is 3.06. The molecule has 0 saturated heterocycles. The monoisotopic (exact) mass is 307 g/mol. The van der Waals surface area contributed by atoms with Crippen molar-refractivity contribution in [3.8, 4) is 0 Å². The van der Waals surface area contributed by atoms with Crippen molar-refractivity contribution in [2.75, 3.05) is 0 Å². The maximum atomic E-state index is 13.6. The first-order chi connectivity index (χ1) is 8.28. The van der Waals surface area contributed by atoms with Crippen molar-refractivity contribution >= 4 is 18.7 Å². The fraction of sp³-hybridized carbons (Fsp3) is 0.462. The van der Waals surface area contributed by atoms with Gasteiger partial charge in [-0.25, -0.2) is 9.18 Å². The van der Waals surface area contributed by atoms with E-state index in [0.29, 0.717) is 17.0 Å². The number of ether oxygens (including phenoxy) is 1. The van der Waals surface area contributed by atoms with Gasteiger partial charge in [-0.15, -0.1) is 0 Å². The van der Waals surface area contributed by atoms with Gasteiger partial charge in [0.15, 0.2) is 0 Å². The van der Waals surface area contributed by atoms with Crippen LogP contribution in [0.5, 0.6) is 0 Å². The molecule has 0 fully saturated rings. The van der Waals surface area contributed by atoms with Crippen molar-refractivity contribution in [2.24, 2.45) is 0 Å². The Balaban J connectivity index is 0.00000180. The van der Waals surface area contributed by atoms with Gasteiger partial charge in [-0.05, 0) is 32.4 Å². The number of amides is 1. The van der Waals surface area contributed by atoms with E-state index in [9.17, 15) is 9.18 Å². The van der Waals surface area contributed by atoms with Gasteiger partial charge in [-0.1, -0.05) is 6.07 Å². The molecule has 98 valence electrons. The van der Waals surface area contributed by atoms with E-state index in [1.54, 1.807) is 26.8 Å². The van der Waals surface area contributed by atoms with Crippen LogP contribution >= 0.6 is 0 Å². The molecule has 0 spiro atoms. The van der Waals surface area contributed by atoms with E-state index < -0.39 is 11.7 Å². The Morgan fingerprint density at radius 2 is 1.89 bits per heavy atom. The van der Waals surface area contributed by atoms with Gasteiger partial charge in [0.25, 0.3) is 0 Å². The molecule has 0 N–H and O–H groups in total. The van der Waals surface area contributed by atoms with E-state index in [4.69, 9.17) is 17.4 Å². The fourth-order valence-corrected chi connectivity index (χ4v) is 2.14. The number of carbonyl (C=O) groups excluding carboxylic acids is 1. The SMILES string of the molecule is CC(C)(C)OC(=O)N1Cc2c(F)ccc([S-])c2C1.[K+]. The summed E-state index contributed by atoms with van der Waals surface area (Å²) < 4.78 is 18.9. The minimum Gasteiger partial charge on any atom is -0.779 e. The van der Waals surface area contributed by atoms with Gasteiger partial charge in [0.1, 0.15) is 11.4 Å². The summed E-state index contributed by atoms with van der Waals surface area (Å²) in [5, 5.41) is 0. The van der Waals surface area contributed by atoms with E-state index in [1.807, 2.05) is 0 Å².